The van der Waals surface area contributed by atoms with Gasteiger partial charge >= 0.3 is 0 Å². The maximum atomic E-state index is 13.8. The summed E-state index contributed by atoms with van der Waals surface area (Å²) in [6, 6.07) is 6.97. The van der Waals surface area contributed by atoms with E-state index in [1.807, 2.05) is 20.8 Å². The number of benzene rings is 2. The average molecular weight is 394 g/mol. The zero-order valence-electron chi connectivity index (χ0n) is 15.2. The highest BCUT2D eigenvalue weighted by molar-refractivity contribution is 7.92. The van der Waals surface area contributed by atoms with Crippen LogP contribution < -0.4 is 9.62 Å². The highest BCUT2D eigenvalue weighted by Gasteiger charge is 2.37. The van der Waals surface area contributed by atoms with E-state index in [-0.39, 0.29) is 17.2 Å². The predicted octanol–water partition coefficient (Wildman–Crippen LogP) is 3.80. The largest absolute Gasteiger partial charge is 0.312 e. The molecule has 5 nitrogen and oxygen atoms in total. The lowest BCUT2D eigenvalue weighted by atomic mass is 9.77. The van der Waals surface area contributed by atoms with Crippen LogP contribution in [0.2, 0.25) is 0 Å². The number of hydrogen-bond acceptors (Lipinski definition) is 3. The van der Waals surface area contributed by atoms with Crippen LogP contribution in [0.4, 0.5) is 20.2 Å². The van der Waals surface area contributed by atoms with Gasteiger partial charge in [0.1, 0.15) is 11.6 Å². The third-order valence-electron chi connectivity index (χ3n) is 4.68. The second-order valence-corrected chi connectivity index (χ2v) is 8.79. The zero-order valence-corrected chi connectivity index (χ0v) is 16.0. The summed E-state index contributed by atoms with van der Waals surface area (Å²) in [4.78, 5) is 13.8. The quantitative estimate of drug-likeness (QED) is 0.858. The first-order valence-electron chi connectivity index (χ1n) is 8.48. The van der Waals surface area contributed by atoms with Crippen LogP contribution >= 0.6 is 0 Å². The highest BCUT2D eigenvalue weighted by atomic mass is 32.2. The first kappa shape index (κ1) is 19.3. The van der Waals surface area contributed by atoms with Gasteiger partial charge in [-0.3, -0.25) is 9.52 Å². The minimum Gasteiger partial charge on any atom is -0.312 e. The van der Waals surface area contributed by atoms with Crippen molar-refractivity contribution in [3.05, 3.63) is 53.6 Å². The Morgan fingerprint density at radius 2 is 1.85 bits per heavy atom. The predicted molar refractivity (Wildman–Crippen MR) is 99.3 cm³/mol. The van der Waals surface area contributed by atoms with E-state index in [0.29, 0.717) is 17.8 Å². The molecule has 0 saturated heterocycles. The average Bonchev–Trinajstić information content (AvgIpc) is 2.57. The fourth-order valence-electron chi connectivity index (χ4n) is 3.29. The van der Waals surface area contributed by atoms with Gasteiger partial charge < -0.3 is 4.90 Å². The van der Waals surface area contributed by atoms with Crippen LogP contribution in [0.3, 0.4) is 0 Å². The third-order valence-corrected chi connectivity index (χ3v) is 6.04. The first-order chi connectivity index (χ1) is 12.5. The van der Waals surface area contributed by atoms with E-state index in [1.54, 1.807) is 11.0 Å². The SMILES string of the molecule is CCN1C(=O)CC(C)(C)c2cc(S(=O)(=O)Nc3cc(F)ccc3F)ccc21. The molecule has 0 atom stereocenters. The number of rotatable bonds is 4. The fourth-order valence-corrected chi connectivity index (χ4v) is 4.37. The number of carbonyl (C=O) groups is 1. The number of hydrogen-bond donors (Lipinski definition) is 1. The molecule has 0 aromatic heterocycles. The molecule has 1 N–H and O–H groups in total. The Hall–Kier alpha value is -2.48. The number of carbonyl (C=O) groups excluding carboxylic acids is 1. The van der Waals surface area contributed by atoms with Crippen molar-refractivity contribution in [2.45, 2.75) is 37.5 Å². The van der Waals surface area contributed by atoms with Crippen LogP contribution in [0.5, 0.6) is 0 Å². The standard InChI is InChI=1S/C19H20F2N2O3S/c1-4-23-17-8-6-13(10-14(17)19(2,3)11-18(23)24)27(25,26)22-16-9-12(20)5-7-15(16)21/h5-10,22H,4,11H2,1-3H3. The van der Waals surface area contributed by atoms with Crippen LogP contribution in [0, 0.1) is 11.6 Å². The lowest BCUT2D eigenvalue weighted by Crippen LogP contribution is -2.41. The number of nitrogens with one attached hydrogen (secondary N) is 1. The number of nitrogens with zero attached hydrogens (tertiary/aromatic N) is 1. The lowest BCUT2D eigenvalue weighted by Gasteiger charge is -2.38. The van der Waals surface area contributed by atoms with Crippen molar-refractivity contribution in [1.82, 2.24) is 0 Å². The summed E-state index contributed by atoms with van der Waals surface area (Å²) in [6.07, 6.45) is 0.253. The van der Waals surface area contributed by atoms with Crippen molar-refractivity contribution in [2.75, 3.05) is 16.2 Å². The van der Waals surface area contributed by atoms with Gasteiger partial charge in [0.15, 0.2) is 0 Å². The van der Waals surface area contributed by atoms with Crippen LogP contribution in [0.25, 0.3) is 0 Å². The molecule has 2 aromatic carbocycles. The van der Waals surface area contributed by atoms with Gasteiger partial charge in [0.25, 0.3) is 10.0 Å². The number of anilines is 2. The Labute approximate surface area is 157 Å². The van der Waals surface area contributed by atoms with E-state index in [2.05, 4.69) is 4.72 Å². The lowest BCUT2D eigenvalue weighted by molar-refractivity contribution is -0.120. The highest BCUT2D eigenvalue weighted by Crippen LogP contribution is 2.41. The Morgan fingerprint density at radius 3 is 2.52 bits per heavy atom. The molecule has 2 aromatic rings. The molecule has 1 aliphatic heterocycles. The molecule has 1 heterocycles. The monoisotopic (exact) mass is 394 g/mol. The minimum atomic E-state index is -4.13. The number of halogens is 2. The van der Waals surface area contributed by atoms with E-state index in [9.17, 15) is 22.0 Å². The summed E-state index contributed by atoms with van der Waals surface area (Å²) in [5.41, 5.74) is 0.367. The van der Waals surface area contributed by atoms with Gasteiger partial charge in [-0.05, 0) is 42.8 Å². The number of fused-ring (bicyclic) bond motifs is 1. The molecule has 0 spiro atoms. The van der Waals surface area contributed by atoms with E-state index in [1.165, 1.54) is 12.1 Å². The van der Waals surface area contributed by atoms with E-state index in [4.69, 9.17) is 0 Å². The molecule has 1 aliphatic rings. The molecule has 0 radical (unpaired) electrons. The maximum Gasteiger partial charge on any atom is 0.262 e. The molecule has 0 aliphatic carbocycles. The third kappa shape index (κ3) is 3.53. The minimum absolute atomic E-state index is 0.0226. The van der Waals surface area contributed by atoms with Crippen molar-refractivity contribution in [3.63, 3.8) is 0 Å². The van der Waals surface area contributed by atoms with Crippen molar-refractivity contribution in [1.29, 1.82) is 0 Å². The zero-order chi connectivity index (χ0) is 20.0. The van der Waals surface area contributed by atoms with Gasteiger partial charge in [-0.2, -0.15) is 0 Å². The Balaban J connectivity index is 2.05. The van der Waals surface area contributed by atoms with Gasteiger partial charge in [0.05, 0.1) is 10.6 Å². The number of amides is 1. The van der Waals surface area contributed by atoms with Gasteiger partial charge in [0, 0.05) is 30.1 Å². The van der Waals surface area contributed by atoms with Crippen LogP contribution in [0.15, 0.2) is 41.3 Å². The second kappa shape index (κ2) is 6.60. The molecular formula is C19H20F2N2O3S. The Kier molecular flexibility index (Phi) is 4.71. The normalized spacial score (nSPS) is 16.2. The summed E-state index contributed by atoms with van der Waals surface area (Å²) in [7, 11) is -4.13. The molecule has 27 heavy (non-hydrogen) atoms. The van der Waals surface area contributed by atoms with Crippen LogP contribution in [-0.2, 0) is 20.2 Å². The molecule has 144 valence electrons. The molecule has 1 amide bonds. The summed E-state index contributed by atoms with van der Waals surface area (Å²) in [6.45, 7) is 6.05. The molecule has 0 fully saturated rings. The summed E-state index contributed by atoms with van der Waals surface area (Å²) >= 11 is 0. The summed E-state index contributed by atoms with van der Waals surface area (Å²) < 4.78 is 54.6. The van der Waals surface area contributed by atoms with E-state index >= 15 is 0 Å². The van der Waals surface area contributed by atoms with Gasteiger partial charge in [-0.15, -0.1) is 0 Å². The molecule has 0 bridgehead atoms. The molecule has 0 unspecified atom stereocenters. The van der Waals surface area contributed by atoms with Crippen molar-refractivity contribution in [3.8, 4) is 0 Å². The second-order valence-electron chi connectivity index (χ2n) is 7.11. The van der Waals surface area contributed by atoms with Gasteiger partial charge in [-0.1, -0.05) is 13.8 Å². The molecule has 3 rings (SSSR count). The number of sulfonamides is 1. The molecule has 0 saturated carbocycles. The Morgan fingerprint density at radius 1 is 1.15 bits per heavy atom. The summed E-state index contributed by atoms with van der Waals surface area (Å²) in [5.74, 6) is -1.65. The van der Waals surface area contributed by atoms with Gasteiger partial charge in [0.2, 0.25) is 5.91 Å². The van der Waals surface area contributed by atoms with Crippen LogP contribution in [0.1, 0.15) is 32.8 Å². The van der Waals surface area contributed by atoms with Gasteiger partial charge in [-0.25, -0.2) is 17.2 Å². The van der Waals surface area contributed by atoms with Crippen molar-refractivity contribution in [2.24, 2.45) is 0 Å². The first-order valence-corrected chi connectivity index (χ1v) is 9.96. The van der Waals surface area contributed by atoms with Crippen molar-refractivity contribution >= 4 is 27.3 Å². The maximum absolute atomic E-state index is 13.8. The van der Waals surface area contributed by atoms with Crippen LogP contribution in [-0.4, -0.2) is 20.9 Å². The van der Waals surface area contributed by atoms with E-state index < -0.39 is 32.8 Å². The molecular weight excluding hydrogens is 374 g/mol. The van der Waals surface area contributed by atoms with E-state index in [0.717, 1.165) is 18.2 Å². The smallest absolute Gasteiger partial charge is 0.262 e. The summed E-state index contributed by atoms with van der Waals surface area (Å²) in [5, 5.41) is 0. The topological polar surface area (TPSA) is 66.5 Å². The fraction of sp³-hybridized carbons (Fsp3) is 0.316. The molecule has 8 heteroatoms. The Bertz CT molecular complexity index is 1020. The van der Waals surface area contributed by atoms with Crippen molar-refractivity contribution < 1.29 is 22.0 Å².